The fourth-order valence-electron chi connectivity index (χ4n) is 2.87. The molecule has 1 aliphatic carbocycles. The van der Waals surface area contributed by atoms with Gasteiger partial charge in [-0.2, -0.15) is 9.57 Å². The van der Waals surface area contributed by atoms with Gasteiger partial charge in [-0.25, -0.2) is 8.42 Å². The SMILES string of the molecule is N#CCCCS(=O)(=O)N(CCO)C1CCc2ccccc21. The van der Waals surface area contributed by atoms with Crippen LogP contribution in [0.25, 0.3) is 0 Å². The molecule has 5 nitrogen and oxygen atoms in total. The van der Waals surface area contributed by atoms with Crippen LogP contribution in [-0.2, 0) is 16.4 Å². The van der Waals surface area contributed by atoms with Gasteiger partial charge in [-0.15, -0.1) is 0 Å². The maximum absolute atomic E-state index is 12.5. The maximum atomic E-state index is 12.5. The van der Waals surface area contributed by atoms with Crippen LogP contribution in [0.15, 0.2) is 24.3 Å². The summed E-state index contributed by atoms with van der Waals surface area (Å²) in [6.07, 6.45) is 2.16. The lowest BCUT2D eigenvalue weighted by Crippen LogP contribution is -2.37. The van der Waals surface area contributed by atoms with Gasteiger partial charge in [-0.05, 0) is 30.4 Å². The Morgan fingerprint density at radius 2 is 2.14 bits per heavy atom. The number of benzene rings is 1. The number of fused-ring (bicyclic) bond motifs is 1. The molecule has 0 aromatic heterocycles. The van der Waals surface area contributed by atoms with Gasteiger partial charge in [0.2, 0.25) is 10.0 Å². The molecule has 0 fully saturated rings. The van der Waals surface area contributed by atoms with Crippen LogP contribution in [0.5, 0.6) is 0 Å². The zero-order valence-corrected chi connectivity index (χ0v) is 12.7. The van der Waals surface area contributed by atoms with Crippen LogP contribution in [0.4, 0.5) is 0 Å². The van der Waals surface area contributed by atoms with E-state index in [9.17, 15) is 13.5 Å². The second-order valence-electron chi connectivity index (χ2n) is 5.17. The topological polar surface area (TPSA) is 81.4 Å². The standard InChI is InChI=1S/C15H20N2O3S/c16-9-3-4-12-21(19,20)17(10-11-18)15-8-7-13-5-1-2-6-14(13)15/h1-2,5-6,15,18H,3-4,7-8,10-12H2. The fraction of sp³-hybridized carbons (Fsp3) is 0.533. The molecule has 1 atom stereocenters. The van der Waals surface area contributed by atoms with Gasteiger partial charge >= 0.3 is 0 Å². The highest BCUT2D eigenvalue weighted by Crippen LogP contribution is 2.37. The number of aliphatic hydroxyl groups is 1. The molecular weight excluding hydrogens is 288 g/mol. The Bertz CT molecular complexity index is 622. The van der Waals surface area contributed by atoms with E-state index in [1.54, 1.807) is 0 Å². The van der Waals surface area contributed by atoms with Crippen LogP contribution >= 0.6 is 0 Å². The van der Waals surface area contributed by atoms with Crippen LogP contribution in [0.2, 0.25) is 0 Å². The van der Waals surface area contributed by atoms with E-state index in [-0.39, 0.29) is 31.4 Å². The Morgan fingerprint density at radius 1 is 1.38 bits per heavy atom. The smallest absolute Gasteiger partial charge is 0.214 e. The molecule has 0 aliphatic heterocycles. The maximum Gasteiger partial charge on any atom is 0.214 e. The summed E-state index contributed by atoms with van der Waals surface area (Å²) in [4.78, 5) is 0. The van der Waals surface area contributed by atoms with Crippen molar-refractivity contribution >= 4 is 10.0 Å². The van der Waals surface area contributed by atoms with Crippen molar-refractivity contribution in [1.82, 2.24) is 4.31 Å². The number of aryl methyl sites for hydroxylation is 1. The largest absolute Gasteiger partial charge is 0.395 e. The van der Waals surface area contributed by atoms with Crippen LogP contribution in [0.3, 0.4) is 0 Å². The molecule has 1 aromatic rings. The minimum absolute atomic E-state index is 0.0424. The summed E-state index contributed by atoms with van der Waals surface area (Å²) in [6.45, 7) is -0.0932. The van der Waals surface area contributed by atoms with Crippen molar-refractivity contribution in [3.8, 4) is 6.07 Å². The number of unbranched alkanes of at least 4 members (excludes halogenated alkanes) is 1. The van der Waals surface area contributed by atoms with Crippen molar-refractivity contribution in [1.29, 1.82) is 5.26 Å². The molecule has 0 heterocycles. The second kappa shape index (κ2) is 7.03. The molecule has 1 unspecified atom stereocenters. The molecule has 0 spiro atoms. The average molecular weight is 308 g/mol. The van der Waals surface area contributed by atoms with Crippen molar-refractivity contribution in [2.75, 3.05) is 18.9 Å². The van der Waals surface area contributed by atoms with Gasteiger partial charge in [0, 0.05) is 13.0 Å². The fourth-order valence-corrected chi connectivity index (χ4v) is 4.58. The monoisotopic (exact) mass is 308 g/mol. The Labute approximate surface area is 125 Å². The minimum Gasteiger partial charge on any atom is -0.395 e. The third-order valence-electron chi connectivity index (χ3n) is 3.82. The Morgan fingerprint density at radius 3 is 2.86 bits per heavy atom. The van der Waals surface area contributed by atoms with Crippen LogP contribution in [0.1, 0.15) is 36.4 Å². The first-order chi connectivity index (χ1) is 10.1. The van der Waals surface area contributed by atoms with E-state index >= 15 is 0 Å². The van der Waals surface area contributed by atoms with Gasteiger partial charge in [0.15, 0.2) is 0 Å². The number of rotatable bonds is 7. The first kappa shape index (κ1) is 16.0. The number of sulfonamides is 1. The number of aliphatic hydroxyl groups excluding tert-OH is 1. The van der Waals surface area contributed by atoms with Gasteiger partial charge in [0.05, 0.1) is 24.5 Å². The van der Waals surface area contributed by atoms with E-state index in [0.717, 1.165) is 18.4 Å². The minimum atomic E-state index is -3.46. The van der Waals surface area contributed by atoms with Crippen LogP contribution in [0, 0.1) is 11.3 Å². The molecule has 1 N–H and O–H groups in total. The van der Waals surface area contributed by atoms with Crippen LogP contribution < -0.4 is 0 Å². The summed E-state index contributed by atoms with van der Waals surface area (Å²) in [6, 6.07) is 9.62. The summed E-state index contributed by atoms with van der Waals surface area (Å²) in [7, 11) is -3.46. The molecule has 0 saturated carbocycles. The molecule has 114 valence electrons. The molecule has 0 bridgehead atoms. The quantitative estimate of drug-likeness (QED) is 0.776. The highest BCUT2D eigenvalue weighted by molar-refractivity contribution is 7.89. The highest BCUT2D eigenvalue weighted by atomic mass is 32.2. The lowest BCUT2D eigenvalue weighted by Gasteiger charge is -2.28. The van der Waals surface area contributed by atoms with E-state index in [4.69, 9.17) is 5.26 Å². The van der Waals surface area contributed by atoms with Gasteiger partial charge in [-0.3, -0.25) is 0 Å². The average Bonchev–Trinajstić information content (AvgIpc) is 2.88. The van der Waals surface area contributed by atoms with Gasteiger partial charge < -0.3 is 5.11 Å². The molecule has 0 saturated heterocycles. The van der Waals surface area contributed by atoms with Gasteiger partial charge in [0.1, 0.15) is 0 Å². The molecule has 2 rings (SSSR count). The van der Waals surface area contributed by atoms with Gasteiger partial charge in [0.25, 0.3) is 0 Å². The summed E-state index contributed by atoms with van der Waals surface area (Å²) < 4.78 is 26.4. The third-order valence-corrected chi connectivity index (χ3v) is 5.77. The molecular formula is C15H20N2O3S. The van der Waals surface area contributed by atoms with Crippen LogP contribution in [-0.4, -0.2) is 36.7 Å². The van der Waals surface area contributed by atoms with Gasteiger partial charge in [-0.1, -0.05) is 24.3 Å². The lowest BCUT2D eigenvalue weighted by atomic mass is 10.1. The summed E-state index contributed by atoms with van der Waals surface area (Å²) in [5.74, 6) is -0.0424. The first-order valence-electron chi connectivity index (χ1n) is 7.15. The summed E-state index contributed by atoms with van der Waals surface area (Å²) >= 11 is 0. The normalized spacial score (nSPS) is 17.7. The third kappa shape index (κ3) is 3.62. The number of nitriles is 1. The molecule has 1 aromatic carbocycles. The predicted molar refractivity (Wildman–Crippen MR) is 79.9 cm³/mol. The molecule has 1 aliphatic rings. The zero-order chi connectivity index (χ0) is 15.3. The van der Waals surface area contributed by atoms with E-state index in [1.807, 2.05) is 30.3 Å². The Hall–Kier alpha value is -1.42. The predicted octanol–water partition coefficient (Wildman–Crippen LogP) is 1.60. The summed E-state index contributed by atoms with van der Waals surface area (Å²) in [5.41, 5.74) is 2.22. The van der Waals surface area contributed by atoms with E-state index in [0.29, 0.717) is 6.42 Å². The number of hydrogen-bond acceptors (Lipinski definition) is 4. The second-order valence-corrected chi connectivity index (χ2v) is 7.21. The van der Waals surface area contributed by atoms with Crippen molar-refractivity contribution in [2.45, 2.75) is 31.7 Å². The first-order valence-corrected chi connectivity index (χ1v) is 8.76. The van der Waals surface area contributed by atoms with Crippen molar-refractivity contribution in [3.05, 3.63) is 35.4 Å². The van der Waals surface area contributed by atoms with E-state index in [1.165, 1.54) is 9.87 Å². The van der Waals surface area contributed by atoms with Crippen molar-refractivity contribution < 1.29 is 13.5 Å². The van der Waals surface area contributed by atoms with Crippen molar-refractivity contribution in [2.24, 2.45) is 0 Å². The molecule has 21 heavy (non-hydrogen) atoms. The molecule has 6 heteroatoms. The van der Waals surface area contributed by atoms with E-state index < -0.39 is 10.0 Å². The molecule has 0 amide bonds. The summed E-state index contributed by atoms with van der Waals surface area (Å²) in [5, 5.41) is 17.8. The number of nitrogens with zero attached hydrogens (tertiary/aromatic N) is 2. The lowest BCUT2D eigenvalue weighted by molar-refractivity contribution is 0.225. The Kier molecular flexibility index (Phi) is 5.34. The van der Waals surface area contributed by atoms with E-state index in [2.05, 4.69) is 0 Å². The highest BCUT2D eigenvalue weighted by Gasteiger charge is 2.34. The number of hydrogen-bond donors (Lipinski definition) is 1. The Balaban J connectivity index is 2.22. The van der Waals surface area contributed by atoms with Crippen molar-refractivity contribution in [3.63, 3.8) is 0 Å². The zero-order valence-electron chi connectivity index (χ0n) is 11.9. The molecule has 0 radical (unpaired) electrons.